The third kappa shape index (κ3) is 3.33. The van der Waals surface area contributed by atoms with Crippen LogP contribution in [-0.2, 0) is 0 Å². The minimum atomic E-state index is -0.388. The number of carbonyl (C=O) groups is 1. The molecule has 0 radical (unpaired) electrons. The van der Waals surface area contributed by atoms with Crippen LogP contribution in [0, 0.1) is 11.3 Å². The van der Waals surface area contributed by atoms with Crippen LogP contribution in [0.4, 0.5) is 5.69 Å². The van der Waals surface area contributed by atoms with Crippen LogP contribution in [0.2, 0.25) is 0 Å². The van der Waals surface area contributed by atoms with Crippen LogP contribution >= 0.6 is 15.9 Å². The van der Waals surface area contributed by atoms with E-state index in [2.05, 4.69) is 21.2 Å². The molecule has 0 bridgehead atoms. The lowest BCUT2D eigenvalue weighted by atomic mass is 10.1. The number of nitrogens with one attached hydrogen (secondary N) is 1. The second-order valence-electron chi connectivity index (χ2n) is 4.15. The minimum absolute atomic E-state index is 0.0190. The van der Waals surface area contributed by atoms with E-state index in [0.29, 0.717) is 27.0 Å². The van der Waals surface area contributed by atoms with Gasteiger partial charge < -0.3 is 15.2 Å². The number of hydrogen-bond donors (Lipinski definition) is 2. The summed E-state index contributed by atoms with van der Waals surface area (Å²) in [5.41, 5.74) is 1.19. The van der Waals surface area contributed by atoms with Crippen molar-refractivity contribution in [2.75, 3.05) is 12.4 Å². The quantitative estimate of drug-likeness (QED) is 0.893. The van der Waals surface area contributed by atoms with E-state index in [1.165, 1.54) is 19.2 Å². The molecule has 0 fully saturated rings. The summed E-state index contributed by atoms with van der Waals surface area (Å²) in [4.78, 5) is 12.1. The van der Waals surface area contributed by atoms with Gasteiger partial charge in [0.05, 0.1) is 28.9 Å². The van der Waals surface area contributed by atoms with Crippen molar-refractivity contribution in [3.05, 3.63) is 52.0 Å². The number of aromatic hydroxyl groups is 1. The summed E-state index contributed by atoms with van der Waals surface area (Å²) < 4.78 is 5.65. The molecular weight excluding hydrogens is 336 g/mol. The number of nitrogens with zero attached hydrogens (tertiary/aromatic N) is 1. The maximum atomic E-state index is 12.1. The highest BCUT2D eigenvalue weighted by molar-refractivity contribution is 9.10. The first-order valence-electron chi connectivity index (χ1n) is 5.93. The van der Waals surface area contributed by atoms with Crippen molar-refractivity contribution in [3.8, 4) is 17.6 Å². The highest BCUT2D eigenvalue weighted by Gasteiger charge is 2.12. The number of benzene rings is 2. The van der Waals surface area contributed by atoms with Gasteiger partial charge in [-0.2, -0.15) is 5.26 Å². The third-order valence-corrected chi connectivity index (χ3v) is 3.46. The maximum Gasteiger partial charge on any atom is 0.255 e. The molecule has 106 valence electrons. The van der Waals surface area contributed by atoms with Gasteiger partial charge in [0.15, 0.2) is 0 Å². The number of amides is 1. The van der Waals surface area contributed by atoms with E-state index in [1.54, 1.807) is 24.3 Å². The molecule has 0 saturated carbocycles. The Balaban J connectivity index is 2.27. The maximum absolute atomic E-state index is 12.1. The van der Waals surface area contributed by atoms with Gasteiger partial charge in [0.2, 0.25) is 0 Å². The molecule has 2 aromatic rings. The zero-order chi connectivity index (χ0) is 15.4. The summed E-state index contributed by atoms with van der Waals surface area (Å²) in [7, 11) is 1.46. The second-order valence-corrected chi connectivity index (χ2v) is 5.00. The first kappa shape index (κ1) is 14.9. The third-order valence-electron chi connectivity index (χ3n) is 2.79. The van der Waals surface area contributed by atoms with E-state index in [4.69, 9.17) is 10.00 Å². The number of rotatable bonds is 3. The fourth-order valence-corrected chi connectivity index (χ4v) is 1.96. The Morgan fingerprint density at radius 2 is 2.10 bits per heavy atom. The van der Waals surface area contributed by atoms with Gasteiger partial charge in [-0.25, -0.2) is 0 Å². The zero-order valence-corrected chi connectivity index (χ0v) is 12.6. The summed E-state index contributed by atoms with van der Waals surface area (Å²) in [6, 6.07) is 11.2. The van der Waals surface area contributed by atoms with Crippen molar-refractivity contribution in [1.29, 1.82) is 5.26 Å². The number of phenols is 1. The fraction of sp³-hybridized carbons (Fsp3) is 0.0667. The second kappa shape index (κ2) is 6.29. The molecule has 5 nitrogen and oxygen atoms in total. The SMILES string of the molecule is COc1cc(C#N)ccc1NC(=O)c1ccc(Br)c(O)c1. The van der Waals surface area contributed by atoms with Crippen molar-refractivity contribution >= 4 is 27.5 Å². The van der Waals surface area contributed by atoms with Crippen LogP contribution in [0.1, 0.15) is 15.9 Å². The van der Waals surface area contributed by atoms with Crippen LogP contribution in [0.3, 0.4) is 0 Å². The molecule has 0 saturated heterocycles. The Labute approximate surface area is 129 Å². The largest absolute Gasteiger partial charge is 0.507 e. The van der Waals surface area contributed by atoms with Crippen molar-refractivity contribution < 1.29 is 14.6 Å². The number of nitriles is 1. The number of methoxy groups -OCH3 is 1. The van der Waals surface area contributed by atoms with E-state index in [9.17, 15) is 9.90 Å². The van der Waals surface area contributed by atoms with Crippen molar-refractivity contribution in [1.82, 2.24) is 0 Å². The molecule has 0 aromatic heterocycles. The van der Waals surface area contributed by atoms with Crippen LogP contribution in [-0.4, -0.2) is 18.1 Å². The van der Waals surface area contributed by atoms with Crippen molar-refractivity contribution in [3.63, 3.8) is 0 Å². The summed E-state index contributed by atoms with van der Waals surface area (Å²) in [5, 5.41) is 21.1. The molecule has 2 rings (SSSR count). The zero-order valence-electron chi connectivity index (χ0n) is 11.1. The molecule has 2 aromatic carbocycles. The van der Waals surface area contributed by atoms with E-state index >= 15 is 0 Å². The first-order chi connectivity index (χ1) is 10.0. The first-order valence-corrected chi connectivity index (χ1v) is 6.72. The Hall–Kier alpha value is -2.52. The smallest absolute Gasteiger partial charge is 0.255 e. The summed E-state index contributed by atoms with van der Waals surface area (Å²) in [5.74, 6) is -0.0148. The predicted molar refractivity (Wildman–Crippen MR) is 81.5 cm³/mol. The van der Waals surface area contributed by atoms with Gasteiger partial charge in [-0.3, -0.25) is 4.79 Å². The highest BCUT2D eigenvalue weighted by Crippen LogP contribution is 2.27. The molecule has 0 aliphatic heterocycles. The Bertz CT molecular complexity index is 738. The van der Waals surface area contributed by atoms with Gasteiger partial charge in [-0.1, -0.05) is 0 Å². The average Bonchev–Trinajstić information content (AvgIpc) is 2.50. The van der Waals surface area contributed by atoms with Gasteiger partial charge >= 0.3 is 0 Å². The molecule has 1 amide bonds. The Morgan fingerprint density at radius 3 is 2.71 bits per heavy atom. The van der Waals surface area contributed by atoms with Crippen LogP contribution in [0.25, 0.3) is 0 Å². The van der Waals surface area contributed by atoms with Gasteiger partial charge in [0.25, 0.3) is 5.91 Å². The van der Waals surface area contributed by atoms with Gasteiger partial charge in [0.1, 0.15) is 11.5 Å². The molecule has 21 heavy (non-hydrogen) atoms. The van der Waals surface area contributed by atoms with Crippen LogP contribution < -0.4 is 10.1 Å². The topological polar surface area (TPSA) is 82.3 Å². The van der Waals surface area contributed by atoms with E-state index in [-0.39, 0.29) is 11.7 Å². The number of carbonyl (C=O) groups excluding carboxylic acids is 1. The lowest BCUT2D eigenvalue weighted by Crippen LogP contribution is -2.12. The summed E-state index contributed by atoms with van der Waals surface area (Å²) in [6.45, 7) is 0. The molecule has 0 atom stereocenters. The number of phenolic OH excluding ortho intramolecular Hbond substituents is 1. The molecule has 0 aliphatic rings. The normalized spacial score (nSPS) is 9.76. The average molecular weight is 347 g/mol. The molecular formula is C15H11BrN2O3. The molecule has 2 N–H and O–H groups in total. The standard InChI is InChI=1S/C15H11BrN2O3/c1-21-14-6-9(8-17)2-5-12(14)18-15(20)10-3-4-11(16)13(19)7-10/h2-7,19H,1H3,(H,18,20). The van der Waals surface area contributed by atoms with E-state index in [1.807, 2.05) is 6.07 Å². The molecule has 0 heterocycles. The lowest BCUT2D eigenvalue weighted by Gasteiger charge is -2.10. The van der Waals surface area contributed by atoms with Crippen molar-refractivity contribution in [2.45, 2.75) is 0 Å². The lowest BCUT2D eigenvalue weighted by molar-refractivity contribution is 0.102. The van der Waals surface area contributed by atoms with Crippen molar-refractivity contribution in [2.24, 2.45) is 0 Å². The fourth-order valence-electron chi connectivity index (χ4n) is 1.71. The highest BCUT2D eigenvalue weighted by atomic mass is 79.9. The molecule has 6 heteroatoms. The Morgan fingerprint density at radius 1 is 1.33 bits per heavy atom. The van der Waals surface area contributed by atoms with Gasteiger partial charge in [0, 0.05) is 11.6 Å². The molecule has 0 spiro atoms. The Kier molecular flexibility index (Phi) is 4.45. The van der Waals surface area contributed by atoms with Gasteiger partial charge in [-0.15, -0.1) is 0 Å². The summed E-state index contributed by atoms with van der Waals surface area (Å²) in [6.07, 6.45) is 0. The van der Waals surface area contributed by atoms with Gasteiger partial charge in [-0.05, 0) is 46.3 Å². The molecule has 0 aliphatic carbocycles. The van der Waals surface area contributed by atoms with E-state index in [0.717, 1.165) is 0 Å². The minimum Gasteiger partial charge on any atom is -0.507 e. The van der Waals surface area contributed by atoms with Crippen LogP contribution in [0.5, 0.6) is 11.5 Å². The summed E-state index contributed by atoms with van der Waals surface area (Å²) >= 11 is 3.15. The number of halogens is 1. The number of hydrogen-bond acceptors (Lipinski definition) is 4. The number of anilines is 1. The number of ether oxygens (including phenoxy) is 1. The van der Waals surface area contributed by atoms with E-state index < -0.39 is 0 Å². The predicted octanol–water partition coefficient (Wildman–Crippen LogP) is 3.29. The van der Waals surface area contributed by atoms with Crippen LogP contribution in [0.15, 0.2) is 40.9 Å². The monoisotopic (exact) mass is 346 g/mol. The molecule has 0 unspecified atom stereocenters.